The second-order valence-corrected chi connectivity index (χ2v) is 5.57. The largest absolute Gasteiger partial charge is 0.313 e. The maximum absolute atomic E-state index is 5.96. The molecule has 0 aliphatic heterocycles. The summed E-state index contributed by atoms with van der Waals surface area (Å²) in [6.07, 6.45) is 1.19. The first-order valence-electron chi connectivity index (χ1n) is 6.54. The van der Waals surface area contributed by atoms with E-state index in [0.29, 0.717) is 0 Å². The Morgan fingerprint density at radius 2 is 2.00 bits per heavy atom. The molecule has 0 atom stereocenters. The molecule has 0 saturated carbocycles. The van der Waals surface area contributed by atoms with Crippen LogP contribution in [0, 0.1) is 0 Å². The molecule has 1 aromatic rings. The number of hydrogen-bond donors (Lipinski definition) is 1. The number of benzene rings is 1. The van der Waals surface area contributed by atoms with Crippen LogP contribution in [0.25, 0.3) is 0 Å². The van der Waals surface area contributed by atoms with Gasteiger partial charge in [0.1, 0.15) is 0 Å². The van der Waals surface area contributed by atoms with E-state index in [1.165, 1.54) is 18.5 Å². The summed E-state index contributed by atoms with van der Waals surface area (Å²) in [6, 6.07) is 6.06. The molecule has 0 aliphatic carbocycles. The Morgan fingerprint density at radius 3 is 2.61 bits per heavy atom. The average molecular weight is 334 g/mol. The van der Waals surface area contributed by atoms with Gasteiger partial charge in [-0.2, -0.15) is 0 Å². The van der Waals surface area contributed by atoms with Crippen molar-refractivity contribution in [3.05, 3.63) is 33.3 Å². The molecular weight excluding hydrogens is 312 g/mol. The lowest BCUT2D eigenvalue weighted by Crippen LogP contribution is -2.27. The molecule has 0 saturated heterocycles. The van der Waals surface area contributed by atoms with Gasteiger partial charge >= 0.3 is 0 Å². The summed E-state index contributed by atoms with van der Waals surface area (Å²) in [5.74, 6) is 0. The van der Waals surface area contributed by atoms with Crippen LogP contribution in [-0.2, 0) is 6.54 Å². The number of rotatable bonds is 8. The van der Waals surface area contributed by atoms with E-state index in [2.05, 4.69) is 52.1 Å². The van der Waals surface area contributed by atoms with E-state index in [9.17, 15) is 0 Å². The van der Waals surface area contributed by atoms with E-state index in [1.54, 1.807) is 0 Å². The van der Waals surface area contributed by atoms with Gasteiger partial charge in [-0.1, -0.05) is 31.5 Å². The Labute approximate surface area is 124 Å². The topological polar surface area (TPSA) is 15.3 Å². The van der Waals surface area contributed by atoms with Crippen LogP contribution in [0.3, 0.4) is 0 Å². The lowest BCUT2D eigenvalue weighted by molar-refractivity contribution is 0.298. The lowest BCUT2D eigenvalue weighted by Gasteiger charge is -2.17. The maximum atomic E-state index is 5.96. The highest BCUT2D eigenvalue weighted by Crippen LogP contribution is 2.22. The van der Waals surface area contributed by atoms with Gasteiger partial charge in [0.2, 0.25) is 0 Å². The van der Waals surface area contributed by atoms with Crippen molar-refractivity contribution in [1.82, 2.24) is 10.2 Å². The Kier molecular flexibility index (Phi) is 7.91. The second kappa shape index (κ2) is 8.92. The van der Waals surface area contributed by atoms with Gasteiger partial charge in [-0.05, 0) is 66.2 Å². The van der Waals surface area contributed by atoms with E-state index < -0.39 is 0 Å². The molecule has 0 bridgehead atoms. The van der Waals surface area contributed by atoms with Crippen LogP contribution in [0.2, 0.25) is 5.02 Å². The van der Waals surface area contributed by atoms with E-state index in [-0.39, 0.29) is 0 Å². The van der Waals surface area contributed by atoms with Gasteiger partial charge in [0.25, 0.3) is 0 Å². The minimum absolute atomic E-state index is 0.764. The SMILES string of the molecule is CCN(CC)CCCNCc1ccc(Cl)c(Br)c1. The fourth-order valence-electron chi connectivity index (χ4n) is 1.85. The third-order valence-electron chi connectivity index (χ3n) is 3.04. The molecule has 102 valence electrons. The molecule has 4 heteroatoms. The first kappa shape index (κ1) is 16.0. The number of nitrogens with one attached hydrogen (secondary N) is 1. The molecule has 2 nitrogen and oxygen atoms in total. The zero-order valence-corrected chi connectivity index (χ0v) is 13.5. The Balaban J connectivity index is 2.19. The smallest absolute Gasteiger partial charge is 0.0548 e. The summed E-state index contributed by atoms with van der Waals surface area (Å²) in [7, 11) is 0. The molecule has 18 heavy (non-hydrogen) atoms. The van der Waals surface area contributed by atoms with Crippen molar-refractivity contribution in [3.63, 3.8) is 0 Å². The summed E-state index contributed by atoms with van der Waals surface area (Å²) >= 11 is 9.40. The van der Waals surface area contributed by atoms with Gasteiger partial charge in [-0.15, -0.1) is 0 Å². The van der Waals surface area contributed by atoms with Crippen molar-refractivity contribution in [2.24, 2.45) is 0 Å². The number of nitrogens with zero attached hydrogens (tertiary/aromatic N) is 1. The van der Waals surface area contributed by atoms with Gasteiger partial charge in [-0.3, -0.25) is 0 Å². The van der Waals surface area contributed by atoms with Gasteiger partial charge in [0.15, 0.2) is 0 Å². The molecular formula is C14H22BrClN2. The maximum Gasteiger partial charge on any atom is 0.0548 e. The zero-order valence-electron chi connectivity index (χ0n) is 11.2. The number of hydrogen-bond acceptors (Lipinski definition) is 2. The predicted molar refractivity (Wildman–Crippen MR) is 83.3 cm³/mol. The summed E-state index contributed by atoms with van der Waals surface area (Å²) in [4.78, 5) is 2.44. The van der Waals surface area contributed by atoms with Crippen LogP contribution < -0.4 is 5.32 Å². The van der Waals surface area contributed by atoms with E-state index >= 15 is 0 Å². The Bertz CT molecular complexity index is 354. The highest BCUT2D eigenvalue weighted by molar-refractivity contribution is 9.10. The molecule has 0 amide bonds. The van der Waals surface area contributed by atoms with Crippen molar-refractivity contribution in [2.75, 3.05) is 26.2 Å². The molecule has 1 aromatic carbocycles. The van der Waals surface area contributed by atoms with Gasteiger partial charge in [-0.25, -0.2) is 0 Å². The normalized spacial score (nSPS) is 11.2. The molecule has 0 spiro atoms. The van der Waals surface area contributed by atoms with E-state index in [4.69, 9.17) is 11.6 Å². The quantitative estimate of drug-likeness (QED) is 0.725. The standard InChI is InChI=1S/C14H22BrClN2/c1-3-18(4-2)9-5-8-17-11-12-6-7-14(16)13(15)10-12/h6-7,10,17H,3-5,8-9,11H2,1-2H3. The van der Waals surface area contributed by atoms with Gasteiger partial charge in [0, 0.05) is 11.0 Å². The highest BCUT2D eigenvalue weighted by atomic mass is 79.9. The van der Waals surface area contributed by atoms with Crippen molar-refractivity contribution < 1.29 is 0 Å². The molecule has 0 unspecified atom stereocenters. The van der Waals surface area contributed by atoms with Crippen molar-refractivity contribution in [3.8, 4) is 0 Å². The van der Waals surface area contributed by atoms with Crippen LogP contribution in [0.1, 0.15) is 25.8 Å². The third-order valence-corrected chi connectivity index (χ3v) is 4.25. The van der Waals surface area contributed by atoms with Crippen molar-refractivity contribution in [1.29, 1.82) is 0 Å². The molecule has 0 heterocycles. The summed E-state index contributed by atoms with van der Waals surface area (Å²) < 4.78 is 0.964. The first-order valence-corrected chi connectivity index (χ1v) is 7.71. The molecule has 1 N–H and O–H groups in total. The fraction of sp³-hybridized carbons (Fsp3) is 0.571. The van der Waals surface area contributed by atoms with Gasteiger partial charge < -0.3 is 10.2 Å². The molecule has 1 rings (SSSR count). The van der Waals surface area contributed by atoms with Crippen LogP contribution in [0.15, 0.2) is 22.7 Å². The third kappa shape index (κ3) is 5.70. The Hall–Kier alpha value is -0.0900. The molecule has 0 aromatic heterocycles. The molecule has 0 fully saturated rings. The van der Waals surface area contributed by atoms with E-state index in [0.717, 1.165) is 35.7 Å². The van der Waals surface area contributed by atoms with Crippen LogP contribution >= 0.6 is 27.5 Å². The van der Waals surface area contributed by atoms with Gasteiger partial charge in [0.05, 0.1) is 5.02 Å². The summed E-state index contributed by atoms with van der Waals surface area (Å²) in [6.45, 7) is 9.82. The first-order chi connectivity index (χ1) is 8.67. The van der Waals surface area contributed by atoms with Crippen LogP contribution in [0.4, 0.5) is 0 Å². The van der Waals surface area contributed by atoms with Crippen LogP contribution in [-0.4, -0.2) is 31.1 Å². The average Bonchev–Trinajstić information content (AvgIpc) is 2.38. The highest BCUT2D eigenvalue weighted by Gasteiger charge is 2.00. The van der Waals surface area contributed by atoms with Crippen LogP contribution in [0.5, 0.6) is 0 Å². The lowest BCUT2D eigenvalue weighted by atomic mass is 10.2. The Morgan fingerprint density at radius 1 is 1.28 bits per heavy atom. The zero-order chi connectivity index (χ0) is 13.4. The predicted octanol–water partition coefficient (Wildman–Crippen LogP) is 3.92. The summed E-state index contributed by atoms with van der Waals surface area (Å²) in [5.41, 5.74) is 1.26. The molecule has 0 radical (unpaired) electrons. The second-order valence-electron chi connectivity index (χ2n) is 4.31. The minimum Gasteiger partial charge on any atom is -0.313 e. The fourth-order valence-corrected chi connectivity index (χ4v) is 2.39. The van der Waals surface area contributed by atoms with Crippen molar-refractivity contribution >= 4 is 27.5 Å². The monoisotopic (exact) mass is 332 g/mol. The van der Waals surface area contributed by atoms with E-state index in [1.807, 2.05) is 6.07 Å². The van der Waals surface area contributed by atoms with Crippen molar-refractivity contribution in [2.45, 2.75) is 26.8 Å². The number of halogens is 2. The molecule has 0 aliphatic rings. The summed E-state index contributed by atoms with van der Waals surface area (Å²) in [5, 5.41) is 4.23. The minimum atomic E-state index is 0.764.